The lowest BCUT2D eigenvalue weighted by atomic mass is 10.6. The van der Waals surface area contributed by atoms with Crippen molar-refractivity contribution in [2.24, 2.45) is 0 Å². The summed E-state index contributed by atoms with van der Waals surface area (Å²) in [6.07, 6.45) is -0.877. The lowest BCUT2D eigenvalue weighted by molar-refractivity contribution is -0.123. The first kappa shape index (κ1) is 14.8. The molecule has 0 aliphatic carbocycles. The van der Waals surface area contributed by atoms with E-state index in [4.69, 9.17) is 24.4 Å². The minimum atomic E-state index is -0.877. The van der Waals surface area contributed by atoms with Gasteiger partial charge in [0.2, 0.25) is 0 Å². The van der Waals surface area contributed by atoms with Gasteiger partial charge in [0.1, 0.15) is 0 Å². The van der Waals surface area contributed by atoms with Crippen molar-refractivity contribution in [3.8, 4) is 0 Å². The number of aliphatic hydroxyl groups is 2. The molecule has 15 heavy (non-hydrogen) atoms. The van der Waals surface area contributed by atoms with Crippen molar-refractivity contribution in [3.63, 3.8) is 0 Å². The molecule has 0 saturated heterocycles. The van der Waals surface area contributed by atoms with E-state index in [9.17, 15) is 0 Å². The van der Waals surface area contributed by atoms with Crippen LogP contribution in [0.3, 0.4) is 0 Å². The molecule has 0 heterocycles. The average Bonchev–Trinajstić information content (AvgIpc) is 2.26. The second-order valence-electron chi connectivity index (χ2n) is 2.71. The van der Waals surface area contributed by atoms with Crippen molar-refractivity contribution in [2.45, 2.75) is 6.29 Å². The summed E-state index contributed by atoms with van der Waals surface area (Å²) in [4.78, 5) is 0. The summed E-state index contributed by atoms with van der Waals surface area (Å²) in [7, 11) is 1.41. The predicted octanol–water partition coefficient (Wildman–Crippen LogP) is -1.01. The largest absolute Gasteiger partial charge is 0.394 e. The Bertz CT molecular complexity index is 121. The van der Waals surface area contributed by atoms with Gasteiger partial charge in [-0.1, -0.05) is 0 Å². The van der Waals surface area contributed by atoms with E-state index in [0.717, 1.165) is 0 Å². The highest BCUT2D eigenvalue weighted by Gasteiger charge is 1.99. The molecule has 1 unspecified atom stereocenters. The molecule has 0 radical (unpaired) electrons. The minimum Gasteiger partial charge on any atom is -0.394 e. The van der Waals surface area contributed by atoms with E-state index in [2.05, 4.69) is 4.74 Å². The summed E-state index contributed by atoms with van der Waals surface area (Å²) in [5.41, 5.74) is 0. The molecule has 0 saturated carbocycles. The molecule has 0 aromatic carbocycles. The van der Waals surface area contributed by atoms with Crippen molar-refractivity contribution in [1.82, 2.24) is 0 Å². The van der Waals surface area contributed by atoms with Crippen LogP contribution in [0.25, 0.3) is 0 Å². The molecule has 0 aromatic heterocycles. The molecule has 0 spiro atoms. The van der Waals surface area contributed by atoms with E-state index in [1.54, 1.807) is 0 Å². The van der Waals surface area contributed by atoms with Crippen LogP contribution in [0.1, 0.15) is 0 Å². The maximum atomic E-state index is 8.93. The van der Waals surface area contributed by atoms with Gasteiger partial charge in [-0.05, 0) is 0 Å². The molecule has 0 amide bonds. The van der Waals surface area contributed by atoms with Gasteiger partial charge in [-0.25, -0.2) is 0 Å². The number of aliphatic hydroxyl groups excluding tert-OH is 2. The van der Waals surface area contributed by atoms with Crippen molar-refractivity contribution >= 4 is 0 Å². The van der Waals surface area contributed by atoms with Gasteiger partial charge in [0.05, 0.1) is 46.2 Å². The average molecular weight is 224 g/mol. The molecule has 1 atom stereocenters. The topological polar surface area (TPSA) is 77.4 Å². The molecule has 6 heteroatoms. The lowest BCUT2D eigenvalue weighted by Gasteiger charge is -2.09. The molecular weight excluding hydrogens is 204 g/mol. The van der Waals surface area contributed by atoms with E-state index in [-0.39, 0.29) is 13.2 Å². The predicted molar refractivity (Wildman–Crippen MR) is 52.6 cm³/mol. The van der Waals surface area contributed by atoms with Gasteiger partial charge in [-0.3, -0.25) is 0 Å². The zero-order valence-electron chi connectivity index (χ0n) is 9.05. The van der Waals surface area contributed by atoms with Crippen LogP contribution in [0.15, 0.2) is 0 Å². The highest BCUT2D eigenvalue weighted by atomic mass is 16.6. The fourth-order valence-electron chi connectivity index (χ4n) is 0.757. The third-order valence-corrected chi connectivity index (χ3v) is 1.51. The van der Waals surface area contributed by atoms with Crippen LogP contribution in [0.4, 0.5) is 0 Å². The van der Waals surface area contributed by atoms with Gasteiger partial charge in [0.25, 0.3) is 0 Å². The van der Waals surface area contributed by atoms with Crippen molar-refractivity contribution < 1.29 is 29.2 Å². The third-order valence-electron chi connectivity index (χ3n) is 1.51. The second kappa shape index (κ2) is 11.8. The first-order valence-corrected chi connectivity index (χ1v) is 4.86. The van der Waals surface area contributed by atoms with Gasteiger partial charge in [-0.2, -0.15) is 0 Å². The SMILES string of the molecule is COC(O)COCCOCCOCCO. The number of ether oxygens (including phenoxy) is 4. The maximum absolute atomic E-state index is 8.93. The van der Waals surface area contributed by atoms with E-state index >= 15 is 0 Å². The summed E-state index contributed by atoms with van der Waals surface area (Å²) >= 11 is 0. The Morgan fingerprint density at radius 2 is 1.47 bits per heavy atom. The molecule has 0 rings (SSSR count). The quantitative estimate of drug-likeness (QED) is 0.346. The second-order valence-corrected chi connectivity index (χ2v) is 2.71. The standard InChI is InChI=1S/C9H20O6/c1-12-9(11)8-15-7-6-14-5-4-13-3-2-10/h9-11H,2-8H2,1H3. The van der Waals surface area contributed by atoms with Gasteiger partial charge in [0.15, 0.2) is 6.29 Å². The zero-order valence-corrected chi connectivity index (χ0v) is 9.05. The first-order valence-electron chi connectivity index (χ1n) is 4.86. The Balaban J connectivity index is 2.92. The van der Waals surface area contributed by atoms with Gasteiger partial charge < -0.3 is 29.2 Å². The fourth-order valence-corrected chi connectivity index (χ4v) is 0.757. The normalized spacial score (nSPS) is 13.0. The Labute approximate surface area is 89.7 Å². The third kappa shape index (κ3) is 11.7. The summed E-state index contributed by atoms with van der Waals surface area (Å²) < 4.78 is 19.7. The maximum Gasteiger partial charge on any atom is 0.177 e. The van der Waals surface area contributed by atoms with Gasteiger partial charge in [-0.15, -0.1) is 0 Å². The zero-order chi connectivity index (χ0) is 11.4. The summed E-state index contributed by atoms with van der Waals surface area (Å²) in [5.74, 6) is 0. The lowest BCUT2D eigenvalue weighted by Crippen LogP contribution is -2.19. The highest BCUT2D eigenvalue weighted by Crippen LogP contribution is 1.86. The molecule has 2 N–H and O–H groups in total. The van der Waals surface area contributed by atoms with E-state index in [1.165, 1.54) is 7.11 Å². The van der Waals surface area contributed by atoms with Gasteiger partial charge in [0, 0.05) is 7.11 Å². The van der Waals surface area contributed by atoms with Crippen molar-refractivity contribution in [1.29, 1.82) is 0 Å². The van der Waals surface area contributed by atoms with Crippen LogP contribution in [0, 0.1) is 0 Å². The highest BCUT2D eigenvalue weighted by molar-refractivity contribution is 4.36. The molecular formula is C9H20O6. The van der Waals surface area contributed by atoms with E-state index in [0.29, 0.717) is 33.0 Å². The molecule has 0 aliphatic rings. The summed E-state index contributed by atoms with van der Waals surface area (Å²) in [5, 5.41) is 17.3. The van der Waals surface area contributed by atoms with E-state index in [1.807, 2.05) is 0 Å². The summed E-state index contributed by atoms with van der Waals surface area (Å²) in [6, 6.07) is 0. The Morgan fingerprint density at radius 3 is 2.00 bits per heavy atom. The minimum absolute atomic E-state index is 0.0258. The number of methoxy groups -OCH3 is 1. The molecule has 92 valence electrons. The van der Waals surface area contributed by atoms with Crippen molar-refractivity contribution in [2.75, 3.05) is 53.4 Å². The van der Waals surface area contributed by atoms with Crippen LogP contribution < -0.4 is 0 Å². The Kier molecular flexibility index (Phi) is 11.6. The molecule has 0 fully saturated rings. The Hall–Kier alpha value is -0.240. The van der Waals surface area contributed by atoms with Crippen LogP contribution >= 0.6 is 0 Å². The fraction of sp³-hybridized carbons (Fsp3) is 1.00. The van der Waals surface area contributed by atoms with Gasteiger partial charge >= 0.3 is 0 Å². The van der Waals surface area contributed by atoms with Crippen LogP contribution in [-0.4, -0.2) is 69.9 Å². The summed E-state index contributed by atoms with van der Waals surface area (Å²) in [6.45, 7) is 2.27. The monoisotopic (exact) mass is 224 g/mol. The van der Waals surface area contributed by atoms with Crippen molar-refractivity contribution in [3.05, 3.63) is 0 Å². The first-order chi connectivity index (χ1) is 7.31. The van der Waals surface area contributed by atoms with E-state index < -0.39 is 6.29 Å². The smallest absolute Gasteiger partial charge is 0.177 e. The number of rotatable bonds is 11. The van der Waals surface area contributed by atoms with Crippen LogP contribution in [0.5, 0.6) is 0 Å². The van der Waals surface area contributed by atoms with Crippen LogP contribution in [0.2, 0.25) is 0 Å². The molecule has 0 bridgehead atoms. The molecule has 0 aromatic rings. The molecule has 0 aliphatic heterocycles. The Morgan fingerprint density at radius 1 is 0.933 bits per heavy atom. The van der Waals surface area contributed by atoms with Crippen LogP contribution in [-0.2, 0) is 18.9 Å². The molecule has 6 nitrogen and oxygen atoms in total. The number of hydrogen-bond acceptors (Lipinski definition) is 6. The number of hydrogen-bond donors (Lipinski definition) is 2.